The third-order valence-corrected chi connectivity index (χ3v) is 3.53. The van der Waals surface area contributed by atoms with Crippen LogP contribution in [0.2, 0.25) is 0 Å². The summed E-state index contributed by atoms with van der Waals surface area (Å²) < 4.78 is 1.73. The Morgan fingerprint density at radius 3 is 2.82 bits per heavy atom. The number of pyridine rings is 1. The Morgan fingerprint density at radius 1 is 1.23 bits per heavy atom. The zero-order valence-electron chi connectivity index (χ0n) is 12.3. The third-order valence-electron chi connectivity index (χ3n) is 3.53. The number of benzene rings is 1. The maximum atomic E-state index is 9.52. The topological polar surface area (TPSA) is 63.0 Å². The van der Waals surface area contributed by atoms with Gasteiger partial charge in [0.05, 0.1) is 0 Å². The maximum Gasteiger partial charge on any atom is 0.153 e. The van der Waals surface area contributed by atoms with Crippen molar-refractivity contribution in [3.63, 3.8) is 0 Å². The van der Waals surface area contributed by atoms with Crippen molar-refractivity contribution in [2.24, 2.45) is 0 Å². The van der Waals surface area contributed by atoms with E-state index in [9.17, 15) is 5.11 Å². The number of phenols is 1. The van der Waals surface area contributed by atoms with Crippen LogP contribution in [-0.2, 0) is 6.54 Å². The van der Waals surface area contributed by atoms with E-state index >= 15 is 0 Å². The lowest BCUT2D eigenvalue weighted by molar-refractivity contribution is 0.472. The molecule has 3 rings (SSSR count). The molecule has 112 valence electrons. The van der Waals surface area contributed by atoms with E-state index in [1.54, 1.807) is 23.0 Å². The molecule has 22 heavy (non-hydrogen) atoms. The van der Waals surface area contributed by atoms with Gasteiger partial charge in [-0.05, 0) is 42.3 Å². The summed E-state index contributed by atoms with van der Waals surface area (Å²) >= 11 is 0. The van der Waals surface area contributed by atoms with Crippen LogP contribution in [0.5, 0.6) is 5.75 Å². The van der Waals surface area contributed by atoms with E-state index in [1.807, 2.05) is 42.7 Å². The fourth-order valence-electron chi connectivity index (χ4n) is 2.24. The Hall–Kier alpha value is -2.66. The van der Waals surface area contributed by atoms with Crippen molar-refractivity contribution < 1.29 is 5.11 Å². The highest BCUT2D eigenvalue weighted by Crippen LogP contribution is 2.18. The van der Waals surface area contributed by atoms with Gasteiger partial charge in [0, 0.05) is 31.2 Å². The van der Waals surface area contributed by atoms with Crippen molar-refractivity contribution >= 4 is 0 Å². The summed E-state index contributed by atoms with van der Waals surface area (Å²) in [6.45, 7) is 2.78. The highest BCUT2D eigenvalue weighted by Gasteiger charge is 2.06. The van der Waals surface area contributed by atoms with Crippen molar-refractivity contribution in [3.8, 4) is 11.6 Å². The molecule has 5 heteroatoms. The molecule has 0 amide bonds. The molecule has 0 aliphatic carbocycles. The second kappa shape index (κ2) is 6.41. The first kappa shape index (κ1) is 14.3. The Bertz CT molecular complexity index is 723. The number of phenolic OH excluding ortho intramolecular Hbond substituents is 1. The van der Waals surface area contributed by atoms with Gasteiger partial charge in [-0.25, -0.2) is 9.67 Å². The van der Waals surface area contributed by atoms with Crippen LogP contribution in [0.3, 0.4) is 0 Å². The average molecular weight is 294 g/mol. The zero-order chi connectivity index (χ0) is 15.4. The number of nitrogens with zero attached hydrogens (tertiary/aromatic N) is 3. The molecule has 0 unspecified atom stereocenters. The molecule has 0 saturated carbocycles. The van der Waals surface area contributed by atoms with Gasteiger partial charge in [-0.2, -0.15) is 5.10 Å². The van der Waals surface area contributed by atoms with E-state index in [-0.39, 0.29) is 11.8 Å². The lowest BCUT2D eigenvalue weighted by Gasteiger charge is -2.14. The first-order valence-corrected chi connectivity index (χ1v) is 7.19. The maximum absolute atomic E-state index is 9.52. The van der Waals surface area contributed by atoms with Crippen LogP contribution in [0.25, 0.3) is 5.82 Å². The van der Waals surface area contributed by atoms with Crippen LogP contribution >= 0.6 is 0 Å². The van der Waals surface area contributed by atoms with E-state index in [4.69, 9.17) is 0 Å². The molecule has 2 heterocycles. The summed E-state index contributed by atoms with van der Waals surface area (Å²) in [5.74, 6) is 1.09. The summed E-state index contributed by atoms with van der Waals surface area (Å²) in [7, 11) is 0. The smallest absolute Gasteiger partial charge is 0.153 e. The largest absolute Gasteiger partial charge is 0.508 e. The predicted octanol–water partition coefficient (Wildman–Crippen LogP) is 2.82. The monoisotopic (exact) mass is 294 g/mol. The lowest BCUT2D eigenvalue weighted by Crippen LogP contribution is -2.18. The number of hydrogen-bond donors (Lipinski definition) is 2. The van der Waals surface area contributed by atoms with Crippen LogP contribution in [0.4, 0.5) is 0 Å². The van der Waals surface area contributed by atoms with Crippen LogP contribution in [-0.4, -0.2) is 19.9 Å². The highest BCUT2D eigenvalue weighted by atomic mass is 16.3. The van der Waals surface area contributed by atoms with E-state index in [2.05, 4.69) is 22.3 Å². The second-order valence-electron chi connectivity index (χ2n) is 5.17. The average Bonchev–Trinajstić information content (AvgIpc) is 3.07. The van der Waals surface area contributed by atoms with Gasteiger partial charge in [-0.1, -0.05) is 18.2 Å². The minimum absolute atomic E-state index is 0.151. The molecule has 0 bridgehead atoms. The van der Waals surface area contributed by atoms with Crippen LogP contribution in [0.15, 0.2) is 61.1 Å². The first-order valence-electron chi connectivity index (χ1n) is 7.19. The molecular formula is C17H18N4O. The summed E-state index contributed by atoms with van der Waals surface area (Å²) in [5, 5.41) is 17.1. The van der Waals surface area contributed by atoms with Crippen LogP contribution in [0, 0.1) is 0 Å². The Morgan fingerprint density at radius 2 is 2.14 bits per heavy atom. The summed E-state index contributed by atoms with van der Waals surface area (Å²) in [6.07, 6.45) is 5.44. The van der Waals surface area contributed by atoms with E-state index in [0.29, 0.717) is 6.54 Å². The Labute approximate surface area is 129 Å². The van der Waals surface area contributed by atoms with Gasteiger partial charge in [-0.15, -0.1) is 0 Å². The fourth-order valence-corrected chi connectivity index (χ4v) is 2.24. The molecule has 3 aromatic rings. The number of hydrogen-bond acceptors (Lipinski definition) is 4. The van der Waals surface area contributed by atoms with Crippen molar-refractivity contribution in [1.29, 1.82) is 0 Å². The molecule has 2 aromatic heterocycles. The van der Waals surface area contributed by atoms with Gasteiger partial charge in [0.2, 0.25) is 0 Å². The van der Waals surface area contributed by atoms with E-state index in [1.165, 1.54) is 0 Å². The molecular weight excluding hydrogens is 276 g/mol. The molecule has 0 saturated heterocycles. The molecule has 0 aliphatic heterocycles. The molecule has 2 N–H and O–H groups in total. The molecule has 0 spiro atoms. The second-order valence-corrected chi connectivity index (χ2v) is 5.17. The SMILES string of the molecule is C[C@H](NCc1ccc(-n2cccn2)nc1)c1cccc(O)c1. The predicted molar refractivity (Wildman–Crippen MR) is 84.7 cm³/mol. The van der Waals surface area contributed by atoms with Crippen molar-refractivity contribution in [3.05, 3.63) is 72.2 Å². The van der Waals surface area contributed by atoms with Gasteiger partial charge in [0.25, 0.3) is 0 Å². The van der Waals surface area contributed by atoms with Crippen LogP contribution < -0.4 is 5.32 Å². The normalized spacial score (nSPS) is 12.2. The number of aromatic hydroxyl groups is 1. The van der Waals surface area contributed by atoms with E-state index in [0.717, 1.165) is 16.9 Å². The van der Waals surface area contributed by atoms with Gasteiger partial charge < -0.3 is 10.4 Å². The minimum Gasteiger partial charge on any atom is -0.508 e. The number of rotatable bonds is 5. The number of aromatic nitrogens is 3. The van der Waals surface area contributed by atoms with Crippen molar-refractivity contribution in [2.75, 3.05) is 0 Å². The zero-order valence-corrected chi connectivity index (χ0v) is 12.3. The molecule has 0 aliphatic rings. The quantitative estimate of drug-likeness (QED) is 0.759. The molecule has 5 nitrogen and oxygen atoms in total. The fraction of sp³-hybridized carbons (Fsp3) is 0.176. The molecule has 1 aromatic carbocycles. The van der Waals surface area contributed by atoms with Gasteiger partial charge in [-0.3, -0.25) is 0 Å². The first-order chi connectivity index (χ1) is 10.7. The van der Waals surface area contributed by atoms with Crippen molar-refractivity contribution in [2.45, 2.75) is 19.5 Å². The Kier molecular flexibility index (Phi) is 4.16. The summed E-state index contributed by atoms with van der Waals surface area (Å²) in [6, 6.07) is 13.3. The van der Waals surface area contributed by atoms with Gasteiger partial charge >= 0.3 is 0 Å². The summed E-state index contributed by atoms with van der Waals surface area (Å²) in [4.78, 5) is 4.41. The molecule has 0 radical (unpaired) electrons. The Balaban J connectivity index is 1.62. The third kappa shape index (κ3) is 3.32. The van der Waals surface area contributed by atoms with Gasteiger partial charge in [0.1, 0.15) is 5.75 Å². The molecule has 1 atom stereocenters. The highest BCUT2D eigenvalue weighted by molar-refractivity contribution is 5.29. The standard InChI is InChI=1S/C17H18N4O/c1-13(15-4-2-5-16(22)10-15)18-11-14-6-7-17(19-12-14)21-9-3-8-20-21/h2-10,12-13,18,22H,11H2,1H3/t13-/m0/s1. The van der Waals surface area contributed by atoms with E-state index < -0.39 is 0 Å². The van der Waals surface area contributed by atoms with Crippen molar-refractivity contribution in [1.82, 2.24) is 20.1 Å². The minimum atomic E-state index is 0.151. The summed E-state index contributed by atoms with van der Waals surface area (Å²) in [5.41, 5.74) is 2.16. The molecule has 0 fully saturated rings. The number of nitrogens with one attached hydrogen (secondary N) is 1. The van der Waals surface area contributed by atoms with Gasteiger partial charge in [0.15, 0.2) is 5.82 Å². The lowest BCUT2D eigenvalue weighted by atomic mass is 10.1. The van der Waals surface area contributed by atoms with Crippen LogP contribution in [0.1, 0.15) is 24.1 Å².